The molecule has 2 aliphatic heterocycles. The number of phosphoric acid groups is 1. The van der Waals surface area contributed by atoms with Crippen molar-refractivity contribution in [2.45, 2.75) is 550 Å². The summed E-state index contributed by atoms with van der Waals surface area (Å²) in [5, 5.41) is 103. The van der Waals surface area contributed by atoms with E-state index in [0.29, 0.717) is 43.9 Å². The van der Waals surface area contributed by atoms with Crippen molar-refractivity contribution in [2.75, 3.05) is 26.4 Å². The second-order valence-electron chi connectivity index (χ2n) is 36.6. The van der Waals surface area contributed by atoms with Crippen molar-refractivity contribution in [3.63, 3.8) is 0 Å². The van der Waals surface area contributed by atoms with Crippen LogP contribution in [0.15, 0.2) is 0 Å². The van der Waals surface area contributed by atoms with Gasteiger partial charge in [-0.25, -0.2) is 4.57 Å². The Bertz CT molecular complexity index is 2560. The lowest BCUT2D eigenvalue weighted by atomic mass is 9.84. The van der Waals surface area contributed by atoms with Crippen LogP contribution in [0.4, 0.5) is 0 Å². The van der Waals surface area contributed by atoms with Gasteiger partial charge in [0, 0.05) is 25.7 Å². The van der Waals surface area contributed by atoms with E-state index in [1.165, 1.54) is 218 Å². The first kappa shape index (κ1) is 114. The monoisotopic (exact) mass is 1770 g/mol. The van der Waals surface area contributed by atoms with Gasteiger partial charge in [-0.3, -0.25) is 28.2 Å². The van der Waals surface area contributed by atoms with Crippen LogP contribution in [-0.2, 0) is 70.7 Å². The Morgan fingerprint density at radius 2 is 0.615 bits per heavy atom. The van der Waals surface area contributed by atoms with E-state index in [2.05, 4.69) is 41.5 Å². The highest BCUT2D eigenvalue weighted by Crippen LogP contribution is 2.49. The highest BCUT2D eigenvalue weighted by atomic mass is 31.2. The molecule has 0 amide bonds. The van der Waals surface area contributed by atoms with Gasteiger partial charge in [0.15, 0.2) is 24.8 Å². The van der Waals surface area contributed by atoms with E-state index in [1.807, 2.05) is 0 Å². The Balaban J connectivity index is 1.91. The molecular formula is C96H181O25P. The molecule has 0 radical (unpaired) electrons. The molecule has 0 aromatic rings. The molecule has 25 nitrogen and oxygen atoms in total. The number of hydrogen-bond acceptors (Lipinski definition) is 24. The second kappa shape index (κ2) is 73.2. The summed E-state index contributed by atoms with van der Waals surface area (Å²) in [5.41, 5.74) is 0. The zero-order chi connectivity index (χ0) is 89.2. The fourth-order valence-electron chi connectivity index (χ4n) is 17.0. The van der Waals surface area contributed by atoms with Crippen LogP contribution in [0.5, 0.6) is 0 Å². The third kappa shape index (κ3) is 53.0. The normalized spacial score (nSPS) is 25.0. The van der Waals surface area contributed by atoms with Crippen LogP contribution in [0.25, 0.3) is 0 Å². The van der Waals surface area contributed by atoms with E-state index < -0.39 is 162 Å². The highest BCUT2D eigenvalue weighted by Gasteiger charge is 2.60. The lowest BCUT2D eigenvalue weighted by molar-refractivity contribution is -0.360. The van der Waals surface area contributed by atoms with Crippen molar-refractivity contribution >= 4 is 31.7 Å². The standard InChI is InChI=1S/C96H181O25P/c1-7-11-15-19-23-25-27-29-31-33-35-37-39-41-52-61-69-82(101)118-91-87(106)88(107)92(119-95-89(108)85(104)83(102)77(70-97)116-95)94(93(91)120-96-90(109)86(105)84(103)78(117-96)73-113-80(99)67-59-50-40-38-36-34-32-30-28-26-24-20-16-12-8-2)121-122(110,111)114-72-76(115-81(100)68-60-53-45-43-49-57-65-75(6)63-55-47-22-18-14-10-4)71-112-79(98)66-58-51-44-42-48-56-64-74(5)62-54-46-21-17-13-9-3/h74-78,83-97,102-109H,7-73H2,1-6H3,(H,110,111). The number of carbonyl (C=O) groups excluding carboxylic acids is 4. The zero-order valence-electron chi connectivity index (χ0n) is 77.4. The molecule has 26 heteroatoms. The van der Waals surface area contributed by atoms with Crippen molar-refractivity contribution < 1.29 is 122 Å². The summed E-state index contributed by atoms with van der Waals surface area (Å²) in [5.74, 6) is -1.58. The third-order valence-corrected chi connectivity index (χ3v) is 26.1. The summed E-state index contributed by atoms with van der Waals surface area (Å²) in [4.78, 5) is 66.8. The first-order valence-electron chi connectivity index (χ1n) is 50.1. The van der Waals surface area contributed by atoms with Crippen LogP contribution < -0.4 is 0 Å². The van der Waals surface area contributed by atoms with Crippen LogP contribution in [0.2, 0.25) is 0 Å². The summed E-state index contributed by atoms with van der Waals surface area (Å²) in [7, 11) is -5.81. The molecule has 3 aliphatic rings. The van der Waals surface area contributed by atoms with Crippen LogP contribution >= 0.6 is 7.82 Å². The lowest BCUT2D eigenvalue weighted by Crippen LogP contribution is -2.70. The van der Waals surface area contributed by atoms with E-state index in [4.69, 9.17) is 46.9 Å². The van der Waals surface area contributed by atoms with Crippen molar-refractivity contribution in [3.05, 3.63) is 0 Å². The number of ether oxygens (including phenoxy) is 8. The molecule has 3 fully saturated rings. The Hall–Kier alpha value is -2.53. The van der Waals surface area contributed by atoms with E-state index in [0.717, 1.165) is 128 Å². The molecule has 20 unspecified atom stereocenters. The van der Waals surface area contributed by atoms with Gasteiger partial charge in [0.05, 0.1) is 13.2 Å². The minimum atomic E-state index is -5.81. The Morgan fingerprint density at radius 3 is 0.975 bits per heavy atom. The number of unbranched alkanes of at least 4 members (excludes halogenated alkanes) is 49. The maximum Gasteiger partial charge on any atom is 0.472 e. The molecule has 3 rings (SSSR count). The average Bonchev–Trinajstić information content (AvgIpc) is 0.754. The minimum absolute atomic E-state index is 0.0196. The van der Waals surface area contributed by atoms with Gasteiger partial charge in [0.25, 0.3) is 0 Å². The maximum atomic E-state index is 15.0. The van der Waals surface area contributed by atoms with Crippen molar-refractivity contribution in [3.8, 4) is 0 Å². The zero-order valence-corrected chi connectivity index (χ0v) is 78.3. The Morgan fingerprint density at radius 1 is 0.320 bits per heavy atom. The van der Waals surface area contributed by atoms with Gasteiger partial charge in [-0.05, 0) is 37.5 Å². The Labute approximate surface area is 738 Å². The summed E-state index contributed by atoms with van der Waals surface area (Å²) < 4.78 is 73.7. The van der Waals surface area contributed by atoms with Gasteiger partial charge in [0.1, 0.15) is 92.6 Å². The quantitative estimate of drug-likeness (QED) is 0.0117. The number of rotatable bonds is 81. The molecule has 0 aromatic heterocycles. The third-order valence-electron chi connectivity index (χ3n) is 25.2. The fraction of sp³-hybridized carbons (Fsp3) is 0.958. The van der Waals surface area contributed by atoms with Gasteiger partial charge >= 0.3 is 31.7 Å². The molecule has 1 saturated carbocycles. The van der Waals surface area contributed by atoms with E-state index in [-0.39, 0.29) is 25.7 Å². The molecule has 2 saturated heterocycles. The predicted molar refractivity (Wildman–Crippen MR) is 476 cm³/mol. The van der Waals surface area contributed by atoms with Crippen molar-refractivity contribution in [2.24, 2.45) is 11.8 Å². The maximum absolute atomic E-state index is 15.0. The molecular weight excluding hydrogens is 1580 g/mol. The predicted octanol–water partition coefficient (Wildman–Crippen LogP) is 19.4. The molecule has 10 N–H and O–H groups in total. The van der Waals surface area contributed by atoms with E-state index >= 15 is 0 Å². The number of phosphoric ester groups is 1. The number of aliphatic hydroxyl groups excluding tert-OH is 9. The molecule has 20 atom stereocenters. The van der Waals surface area contributed by atoms with Gasteiger partial charge in [-0.2, -0.15) is 0 Å². The molecule has 720 valence electrons. The van der Waals surface area contributed by atoms with E-state index in [9.17, 15) is 74.6 Å². The highest BCUT2D eigenvalue weighted by molar-refractivity contribution is 7.47. The molecule has 0 aromatic carbocycles. The Kier molecular flexibility index (Phi) is 68.2. The van der Waals surface area contributed by atoms with Crippen molar-refractivity contribution in [1.82, 2.24) is 0 Å². The number of carbonyl (C=O) groups is 4. The number of esters is 4. The average molecular weight is 1770 g/mol. The summed E-state index contributed by atoms with van der Waals surface area (Å²) in [6.45, 7) is 10.3. The van der Waals surface area contributed by atoms with Gasteiger partial charge in [0.2, 0.25) is 0 Å². The number of aliphatic hydroxyl groups is 9. The van der Waals surface area contributed by atoms with E-state index in [1.54, 1.807) is 0 Å². The van der Waals surface area contributed by atoms with Crippen molar-refractivity contribution in [1.29, 1.82) is 0 Å². The van der Waals surface area contributed by atoms with Crippen LogP contribution in [0.3, 0.4) is 0 Å². The fourth-order valence-corrected chi connectivity index (χ4v) is 18.0. The molecule has 0 bridgehead atoms. The summed E-state index contributed by atoms with van der Waals surface area (Å²) in [6.07, 6.45) is 29.3. The molecule has 1 aliphatic carbocycles. The SMILES string of the molecule is CCCCCCCCCCCCCCCCCCC(=O)OC1C(O)C(O)C(OC2OC(CO)C(O)C(O)C2O)C(OP(=O)(O)OCC(COC(=O)CCCCCCCCC(C)CCCCCCCC)OC(=O)CCCCCCCCC(C)CCCCCCCC)C1OC1OC(COC(=O)CCCCCCCCCCCCCCCCC)C(O)C(O)C1O. The largest absolute Gasteiger partial charge is 0.472 e. The summed E-state index contributed by atoms with van der Waals surface area (Å²) >= 11 is 0. The number of hydrogen-bond donors (Lipinski definition) is 10. The smallest absolute Gasteiger partial charge is 0.463 e. The van der Waals surface area contributed by atoms with Crippen LogP contribution in [0.1, 0.15) is 446 Å². The molecule has 122 heavy (non-hydrogen) atoms. The topological polar surface area (TPSA) is 380 Å². The second-order valence-corrected chi connectivity index (χ2v) is 38.0. The first-order valence-corrected chi connectivity index (χ1v) is 51.5. The van der Waals surface area contributed by atoms with Crippen LogP contribution in [0, 0.1) is 11.8 Å². The molecule has 2 heterocycles. The van der Waals surface area contributed by atoms with Gasteiger partial charge < -0.3 is 88.7 Å². The van der Waals surface area contributed by atoms with Crippen LogP contribution in [-0.4, -0.2) is 205 Å². The lowest BCUT2D eigenvalue weighted by Gasteiger charge is -2.50. The first-order chi connectivity index (χ1) is 59.0. The minimum Gasteiger partial charge on any atom is -0.463 e. The molecule has 0 spiro atoms. The van der Waals surface area contributed by atoms with Gasteiger partial charge in [-0.1, -0.05) is 395 Å². The summed E-state index contributed by atoms with van der Waals surface area (Å²) in [6, 6.07) is 0. The van der Waals surface area contributed by atoms with Gasteiger partial charge in [-0.15, -0.1) is 0 Å².